The molecule has 0 radical (unpaired) electrons. The first-order valence-electron chi connectivity index (χ1n) is 5.12. The highest BCUT2D eigenvalue weighted by Gasteiger charge is 2.00. The van der Waals surface area contributed by atoms with E-state index in [4.69, 9.17) is 4.74 Å². The minimum atomic E-state index is 0.571. The zero-order valence-corrected chi connectivity index (χ0v) is 11.7. The molecule has 1 N–H and O–H groups in total. The van der Waals surface area contributed by atoms with Crippen LogP contribution in [0.25, 0.3) is 0 Å². The van der Waals surface area contributed by atoms with Gasteiger partial charge in [0.1, 0.15) is 12.1 Å². The molecule has 0 aliphatic rings. The number of halogens is 1. The summed E-state index contributed by atoms with van der Waals surface area (Å²) in [5.74, 6) is 1.36. The van der Waals surface area contributed by atoms with E-state index < -0.39 is 0 Å². The summed E-state index contributed by atoms with van der Waals surface area (Å²) >= 11 is 5.20. The standard InChI is InChI=1S/C11H12BrN3OS/c1-16-11-6-10(14-7-15-11)13-5-4-8-2-3-9(12)17-8/h2-3,6-7H,4-5H2,1H3,(H,13,14,15). The maximum absolute atomic E-state index is 5.03. The van der Waals surface area contributed by atoms with Gasteiger partial charge >= 0.3 is 0 Å². The molecule has 0 atom stereocenters. The molecule has 90 valence electrons. The molecule has 2 rings (SSSR count). The Kier molecular flexibility index (Phi) is 4.33. The molecule has 0 saturated carbocycles. The molecule has 17 heavy (non-hydrogen) atoms. The highest BCUT2D eigenvalue weighted by molar-refractivity contribution is 9.11. The van der Waals surface area contributed by atoms with Crippen LogP contribution in [0.5, 0.6) is 5.88 Å². The zero-order valence-electron chi connectivity index (χ0n) is 9.31. The van der Waals surface area contributed by atoms with E-state index in [1.807, 2.05) is 0 Å². The molecule has 0 unspecified atom stereocenters. The second kappa shape index (κ2) is 5.97. The van der Waals surface area contributed by atoms with Crippen LogP contribution in [0.2, 0.25) is 0 Å². The first-order valence-corrected chi connectivity index (χ1v) is 6.73. The Labute approximate surface area is 112 Å². The third kappa shape index (κ3) is 3.67. The summed E-state index contributed by atoms with van der Waals surface area (Å²) in [5.41, 5.74) is 0. The van der Waals surface area contributed by atoms with Crippen LogP contribution >= 0.6 is 27.3 Å². The molecule has 2 aromatic rings. The van der Waals surface area contributed by atoms with Crippen molar-refractivity contribution in [2.45, 2.75) is 6.42 Å². The van der Waals surface area contributed by atoms with Crippen molar-refractivity contribution in [3.63, 3.8) is 0 Å². The van der Waals surface area contributed by atoms with Crippen molar-refractivity contribution in [1.82, 2.24) is 9.97 Å². The smallest absolute Gasteiger partial charge is 0.218 e. The minimum absolute atomic E-state index is 0.571. The van der Waals surface area contributed by atoms with Crippen molar-refractivity contribution >= 4 is 33.1 Å². The van der Waals surface area contributed by atoms with Crippen LogP contribution in [0.3, 0.4) is 0 Å². The van der Waals surface area contributed by atoms with Gasteiger partial charge in [-0.15, -0.1) is 11.3 Å². The molecule has 0 saturated heterocycles. The molecular formula is C11H12BrN3OS. The van der Waals surface area contributed by atoms with Gasteiger partial charge in [-0.2, -0.15) is 0 Å². The number of ether oxygens (including phenoxy) is 1. The van der Waals surface area contributed by atoms with Crippen LogP contribution in [0, 0.1) is 0 Å². The molecule has 0 amide bonds. The van der Waals surface area contributed by atoms with Gasteiger partial charge in [0.2, 0.25) is 5.88 Å². The third-order valence-corrected chi connectivity index (χ3v) is 3.84. The number of thiophene rings is 1. The Balaban J connectivity index is 1.85. The number of methoxy groups -OCH3 is 1. The Hall–Kier alpha value is -1.14. The maximum atomic E-state index is 5.03. The number of nitrogens with zero attached hydrogens (tertiary/aromatic N) is 2. The van der Waals surface area contributed by atoms with Crippen molar-refractivity contribution in [2.24, 2.45) is 0 Å². The summed E-state index contributed by atoms with van der Waals surface area (Å²) in [7, 11) is 1.59. The van der Waals surface area contributed by atoms with Crippen molar-refractivity contribution < 1.29 is 4.74 Å². The Morgan fingerprint density at radius 3 is 3.00 bits per heavy atom. The molecule has 2 heterocycles. The molecule has 0 fully saturated rings. The maximum Gasteiger partial charge on any atom is 0.218 e. The van der Waals surface area contributed by atoms with Gasteiger partial charge in [-0.3, -0.25) is 0 Å². The van der Waals surface area contributed by atoms with Crippen molar-refractivity contribution in [2.75, 3.05) is 19.0 Å². The summed E-state index contributed by atoms with van der Waals surface area (Å²) in [4.78, 5) is 9.40. The number of rotatable bonds is 5. The largest absolute Gasteiger partial charge is 0.481 e. The fraction of sp³-hybridized carbons (Fsp3) is 0.273. The van der Waals surface area contributed by atoms with Gasteiger partial charge in [0, 0.05) is 17.5 Å². The highest BCUT2D eigenvalue weighted by Crippen LogP contribution is 2.22. The zero-order chi connectivity index (χ0) is 12.1. The quantitative estimate of drug-likeness (QED) is 0.922. The molecule has 4 nitrogen and oxygen atoms in total. The van der Waals surface area contributed by atoms with E-state index >= 15 is 0 Å². The minimum Gasteiger partial charge on any atom is -0.481 e. The Morgan fingerprint density at radius 1 is 1.41 bits per heavy atom. The van der Waals surface area contributed by atoms with Gasteiger partial charge in [-0.05, 0) is 34.5 Å². The average molecular weight is 314 g/mol. The summed E-state index contributed by atoms with van der Waals surface area (Å²) in [6.45, 7) is 0.840. The monoisotopic (exact) mass is 313 g/mol. The third-order valence-electron chi connectivity index (χ3n) is 2.16. The molecule has 0 aliphatic heterocycles. The fourth-order valence-electron chi connectivity index (χ4n) is 1.35. The molecule has 0 aromatic carbocycles. The lowest BCUT2D eigenvalue weighted by Crippen LogP contribution is -2.05. The Bertz CT molecular complexity index is 489. The van der Waals surface area contributed by atoms with Gasteiger partial charge in [-0.25, -0.2) is 9.97 Å². The van der Waals surface area contributed by atoms with Crippen LogP contribution in [-0.4, -0.2) is 23.6 Å². The second-order valence-corrected chi connectivity index (χ2v) is 5.88. The van der Waals surface area contributed by atoms with Crippen LogP contribution < -0.4 is 10.1 Å². The number of aromatic nitrogens is 2. The summed E-state index contributed by atoms with van der Waals surface area (Å²) in [6.07, 6.45) is 2.46. The lowest BCUT2D eigenvalue weighted by Gasteiger charge is -2.05. The van der Waals surface area contributed by atoms with Crippen LogP contribution in [0.4, 0.5) is 5.82 Å². The fourth-order valence-corrected chi connectivity index (χ4v) is 2.83. The number of anilines is 1. The van der Waals surface area contributed by atoms with E-state index in [9.17, 15) is 0 Å². The van der Waals surface area contributed by atoms with E-state index in [0.29, 0.717) is 5.88 Å². The molecule has 2 aromatic heterocycles. The Morgan fingerprint density at radius 2 is 2.29 bits per heavy atom. The number of hydrogen-bond acceptors (Lipinski definition) is 5. The first-order chi connectivity index (χ1) is 8.28. The predicted molar refractivity (Wildman–Crippen MR) is 72.8 cm³/mol. The van der Waals surface area contributed by atoms with Crippen LogP contribution in [0.15, 0.2) is 28.3 Å². The normalized spacial score (nSPS) is 10.2. The number of nitrogens with one attached hydrogen (secondary N) is 1. The van der Waals surface area contributed by atoms with Crippen molar-refractivity contribution in [3.8, 4) is 5.88 Å². The van der Waals surface area contributed by atoms with E-state index in [1.54, 1.807) is 24.5 Å². The summed E-state index contributed by atoms with van der Waals surface area (Å²) in [5, 5.41) is 3.24. The molecular weight excluding hydrogens is 302 g/mol. The summed E-state index contributed by atoms with van der Waals surface area (Å²) < 4.78 is 6.19. The molecule has 0 bridgehead atoms. The second-order valence-electron chi connectivity index (χ2n) is 3.33. The number of hydrogen-bond donors (Lipinski definition) is 1. The van der Waals surface area contributed by atoms with Crippen molar-refractivity contribution in [1.29, 1.82) is 0 Å². The topological polar surface area (TPSA) is 47.0 Å². The molecule has 0 spiro atoms. The van der Waals surface area contributed by atoms with Gasteiger partial charge in [0.25, 0.3) is 0 Å². The van der Waals surface area contributed by atoms with Gasteiger partial charge in [0.15, 0.2) is 0 Å². The van der Waals surface area contributed by atoms with Gasteiger partial charge < -0.3 is 10.1 Å². The van der Waals surface area contributed by atoms with E-state index in [0.717, 1.165) is 22.6 Å². The first kappa shape index (κ1) is 12.3. The average Bonchev–Trinajstić information content (AvgIpc) is 2.75. The van der Waals surface area contributed by atoms with Gasteiger partial charge in [0.05, 0.1) is 10.9 Å². The highest BCUT2D eigenvalue weighted by atomic mass is 79.9. The van der Waals surface area contributed by atoms with E-state index in [2.05, 4.69) is 43.3 Å². The summed E-state index contributed by atoms with van der Waals surface area (Å²) in [6, 6.07) is 5.97. The molecule has 0 aliphatic carbocycles. The SMILES string of the molecule is COc1cc(NCCc2ccc(Br)s2)ncn1. The van der Waals surface area contributed by atoms with Gasteiger partial charge in [-0.1, -0.05) is 0 Å². The molecule has 6 heteroatoms. The van der Waals surface area contributed by atoms with E-state index in [1.165, 1.54) is 11.2 Å². The predicted octanol–water partition coefficient (Wildman–Crippen LogP) is 2.96. The van der Waals surface area contributed by atoms with Crippen LogP contribution in [0.1, 0.15) is 4.88 Å². The van der Waals surface area contributed by atoms with Crippen molar-refractivity contribution in [3.05, 3.63) is 33.2 Å². The van der Waals surface area contributed by atoms with Crippen LogP contribution in [-0.2, 0) is 6.42 Å². The lowest BCUT2D eigenvalue weighted by atomic mass is 10.3. The van der Waals surface area contributed by atoms with E-state index in [-0.39, 0.29) is 0 Å². The lowest BCUT2D eigenvalue weighted by molar-refractivity contribution is 0.397.